The number of pyridine rings is 1. The highest BCUT2D eigenvalue weighted by atomic mass is 31.2. The van der Waals surface area contributed by atoms with E-state index in [4.69, 9.17) is 20.7 Å². The van der Waals surface area contributed by atoms with Crippen LogP contribution >= 0.6 is 8.60 Å². The van der Waals surface area contributed by atoms with E-state index in [1.807, 2.05) is 0 Å². The summed E-state index contributed by atoms with van der Waals surface area (Å²) in [5.74, 6) is 1.57. The Kier molecular flexibility index (Phi) is 7.42. The summed E-state index contributed by atoms with van der Waals surface area (Å²) in [6, 6.07) is 6.25. The van der Waals surface area contributed by atoms with E-state index in [9.17, 15) is 14.2 Å². The van der Waals surface area contributed by atoms with Crippen molar-refractivity contribution in [3.63, 3.8) is 0 Å². The van der Waals surface area contributed by atoms with Crippen LogP contribution in [0.5, 0.6) is 11.8 Å². The molecule has 2 atom stereocenters. The quantitative estimate of drug-likeness (QED) is 0.194. The second-order valence-electron chi connectivity index (χ2n) is 12.7. The number of hydrogen-bond donors (Lipinski definition) is 3. The van der Waals surface area contributed by atoms with Gasteiger partial charge in [0.05, 0.1) is 16.5 Å². The third-order valence-corrected chi connectivity index (χ3v) is 10.4. The van der Waals surface area contributed by atoms with Crippen molar-refractivity contribution in [2.75, 3.05) is 37.7 Å². The number of terminal acetylenes is 1. The normalized spacial score (nSPS) is 22.1. The van der Waals surface area contributed by atoms with Crippen LogP contribution < -0.4 is 19.5 Å². The number of nitrogens with one attached hydrogen (secondary N) is 1. The summed E-state index contributed by atoms with van der Waals surface area (Å²) in [5, 5.41) is 4.72. The number of aromatic nitrogens is 3. The Hall–Kier alpha value is -3.72. The molecule has 0 saturated carbocycles. The fourth-order valence-corrected chi connectivity index (χ4v) is 8.33. The van der Waals surface area contributed by atoms with Crippen molar-refractivity contribution in [1.82, 2.24) is 25.2 Å². The van der Waals surface area contributed by atoms with Gasteiger partial charge in [0.15, 0.2) is 5.82 Å². The van der Waals surface area contributed by atoms with Crippen LogP contribution in [-0.4, -0.2) is 80.0 Å². The molecule has 0 amide bonds. The van der Waals surface area contributed by atoms with Gasteiger partial charge in [0.2, 0.25) is 0 Å². The molecule has 2 unspecified atom stereocenters. The molecule has 0 radical (unpaired) electrons. The van der Waals surface area contributed by atoms with Gasteiger partial charge in [0.25, 0.3) is 0 Å². The lowest BCUT2D eigenvalue weighted by atomic mass is 9.95. The van der Waals surface area contributed by atoms with Gasteiger partial charge >= 0.3 is 14.6 Å². The Morgan fingerprint density at radius 1 is 1.09 bits per heavy atom. The van der Waals surface area contributed by atoms with Crippen molar-refractivity contribution >= 4 is 36.1 Å². The SMILES string of the molecule is C#Cc1c(F)ccc2cc(OP(O)O)cc(-c3ncc4c(N5CC6CCC(C5)N6)nc(OCC56CCCN5CCC6)nc4c3F)c12. The molecule has 4 aliphatic heterocycles. The maximum atomic E-state index is 16.9. The summed E-state index contributed by atoms with van der Waals surface area (Å²) >= 11 is 0. The fraction of sp³-hybridized carbons (Fsp3) is 0.424. The second-order valence-corrected chi connectivity index (χ2v) is 13.4. The summed E-state index contributed by atoms with van der Waals surface area (Å²) in [5.41, 5.74) is -0.116. The van der Waals surface area contributed by atoms with Crippen LogP contribution in [0.25, 0.3) is 32.9 Å². The van der Waals surface area contributed by atoms with E-state index < -0.39 is 20.2 Å². The second kappa shape index (κ2) is 11.5. The predicted octanol–water partition coefficient (Wildman–Crippen LogP) is 4.64. The van der Waals surface area contributed by atoms with Crippen molar-refractivity contribution in [3.8, 4) is 35.4 Å². The zero-order valence-corrected chi connectivity index (χ0v) is 25.9. The molecular formula is C33H33F2N6O4P. The van der Waals surface area contributed by atoms with Gasteiger partial charge < -0.3 is 29.3 Å². The van der Waals surface area contributed by atoms with E-state index in [2.05, 4.69) is 31.0 Å². The molecule has 8 rings (SSSR count). The summed E-state index contributed by atoms with van der Waals surface area (Å²) in [7, 11) is -2.78. The van der Waals surface area contributed by atoms with E-state index in [0.29, 0.717) is 48.4 Å². The number of ether oxygens (including phenoxy) is 1. The molecule has 3 N–H and O–H groups in total. The van der Waals surface area contributed by atoms with Crippen molar-refractivity contribution < 1.29 is 27.8 Å². The van der Waals surface area contributed by atoms with Crippen LogP contribution in [0.2, 0.25) is 0 Å². The monoisotopic (exact) mass is 646 g/mol. The first-order valence-corrected chi connectivity index (χ1v) is 16.8. The summed E-state index contributed by atoms with van der Waals surface area (Å²) in [6.07, 6.45) is 13.7. The molecule has 4 aromatic rings. The van der Waals surface area contributed by atoms with Crippen LogP contribution in [-0.2, 0) is 0 Å². The summed E-state index contributed by atoms with van der Waals surface area (Å²) in [6.45, 7) is 3.94. The summed E-state index contributed by atoms with van der Waals surface area (Å²) < 4.78 is 43.4. The molecule has 2 aromatic heterocycles. The maximum Gasteiger partial charge on any atom is 0.391 e. The van der Waals surface area contributed by atoms with Gasteiger partial charge in [-0.2, -0.15) is 9.97 Å². The minimum absolute atomic E-state index is 0.0211. The lowest BCUT2D eigenvalue weighted by Gasteiger charge is -2.34. The standard InChI is InChI=1S/C33H33F2N6O4P/c1-2-23-26(34)8-5-19-13-22(45-46(42)43)14-24(27(19)23)29-28(35)30-25(15-36-29)31(40-16-20-6-7-21(17-40)37-20)39-32(38-30)44-18-33-9-3-11-41(33)12-4-10-33/h1,5,8,13-15,20-21,37,42-43H,3-4,6-7,9-12,16-18H2. The van der Waals surface area contributed by atoms with Gasteiger partial charge in [0.1, 0.15) is 35.2 Å². The van der Waals surface area contributed by atoms with Crippen molar-refractivity contribution in [1.29, 1.82) is 0 Å². The van der Waals surface area contributed by atoms with Gasteiger partial charge in [-0.3, -0.25) is 9.88 Å². The Morgan fingerprint density at radius 2 is 1.85 bits per heavy atom. The first-order chi connectivity index (χ1) is 22.3. The van der Waals surface area contributed by atoms with Gasteiger partial charge in [-0.15, -0.1) is 6.42 Å². The van der Waals surface area contributed by atoms with Crippen molar-refractivity contribution in [3.05, 3.63) is 47.7 Å². The Morgan fingerprint density at radius 3 is 2.57 bits per heavy atom. The highest BCUT2D eigenvalue weighted by molar-refractivity contribution is 7.39. The Balaban J connectivity index is 1.29. The highest BCUT2D eigenvalue weighted by Crippen LogP contribution is 2.42. The predicted molar refractivity (Wildman–Crippen MR) is 171 cm³/mol. The number of halogens is 2. The lowest BCUT2D eigenvalue weighted by molar-refractivity contribution is 0.108. The molecule has 13 heteroatoms. The number of nitrogens with zero attached hydrogens (tertiary/aromatic N) is 5. The summed E-state index contributed by atoms with van der Waals surface area (Å²) in [4.78, 5) is 37.8. The molecule has 10 nitrogen and oxygen atoms in total. The van der Waals surface area contributed by atoms with E-state index in [1.54, 1.807) is 0 Å². The van der Waals surface area contributed by atoms with Crippen LogP contribution in [0, 0.1) is 24.0 Å². The van der Waals surface area contributed by atoms with Crippen LogP contribution in [0.1, 0.15) is 44.1 Å². The van der Waals surface area contributed by atoms with Gasteiger partial charge in [-0.1, -0.05) is 12.0 Å². The van der Waals surface area contributed by atoms with Crippen molar-refractivity contribution in [2.24, 2.45) is 0 Å². The average Bonchev–Trinajstić information content (AvgIpc) is 3.73. The number of hydrogen-bond acceptors (Lipinski definition) is 10. The largest absolute Gasteiger partial charge is 0.461 e. The molecule has 6 heterocycles. The zero-order chi connectivity index (χ0) is 31.6. The number of anilines is 1. The van der Waals surface area contributed by atoms with Crippen molar-refractivity contribution in [2.45, 2.75) is 56.1 Å². The molecule has 238 valence electrons. The molecule has 2 bridgehead atoms. The first-order valence-electron chi connectivity index (χ1n) is 15.7. The molecule has 4 saturated heterocycles. The molecule has 0 aliphatic carbocycles. The van der Waals surface area contributed by atoms with E-state index in [1.165, 1.54) is 30.5 Å². The molecule has 4 aliphatic rings. The number of rotatable bonds is 7. The number of fused-ring (bicyclic) bond motifs is 5. The highest BCUT2D eigenvalue weighted by Gasteiger charge is 2.45. The van der Waals surface area contributed by atoms with Crippen LogP contribution in [0.4, 0.5) is 14.6 Å². The minimum Gasteiger partial charge on any atom is -0.461 e. The molecule has 2 aromatic carbocycles. The third-order valence-electron chi connectivity index (χ3n) is 10.1. The smallest absolute Gasteiger partial charge is 0.391 e. The van der Waals surface area contributed by atoms with Crippen LogP contribution in [0.15, 0.2) is 30.5 Å². The van der Waals surface area contributed by atoms with Gasteiger partial charge in [-0.25, -0.2) is 8.78 Å². The fourth-order valence-electron chi connectivity index (χ4n) is 8.03. The topological polar surface area (TPSA) is 116 Å². The molecule has 0 spiro atoms. The Labute approximate surface area is 265 Å². The maximum absolute atomic E-state index is 16.9. The van der Waals surface area contributed by atoms with E-state index >= 15 is 4.39 Å². The first kappa shape index (κ1) is 29.7. The van der Waals surface area contributed by atoms with E-state index in [0.717, 1.165) is 51.6 Å². The minimum atomic E-state index is -2.78. The molecule has 4 fully saturated rings. The number of piperazine rings is 1. The van der Waals surface area contributed by atoms with Gasteiger partial charge in [0, 0.05) is 42.3 Å². The third kappa shape index (κ3) is 5.02. The lowest BCUT2D eigenvalue weighted by Crippen LogP contribution is -2.51. The van der Waals surface area contributed by atoms with Gasteiger partial charge in [-0.05, 0) is 75.2 Å². The Bertz CT molecular complexity index is 1880. The van der Waals surface area contributed by atoms with E-state index in [-0.39, 0.29) is 45.0 Å². The molecule has 46 heavy (non-hydrogen) atoms. The number of benzene rings is 2. The van der Waals surface area contributed by atoms with Crippen LogP contribution in [0.3, 0.4) is 0 Å². The average molecular weight is 647 g/mol. The molecular weight excluding hydrogens is 613 g/mol. The zero-order valence-electron chi connectivity index (χ0n) is 25.0.